The van der Waals surface area contributed by atoms with Gasteiger partial charge in [-0.25, -0.2) is 0 Å². The van der Waals surface area contributed by atoms with Crippen LogP contribution in [0.5, 0.6) is 0 Å². The summed E-state index contributed by atoms with van der Waals surface area (Å²) < 4.78 is 0. The van der Waals surface area contributed by atoms with E-state index in [0.717, 1.165) is 37.5 Å². The van der Waals surface area contributed by atoms with Crippen LogP contribution in [-0.4, -0.2) is 0 Å². The molecule has 2 heteroatoms. The van der Waals surface area contributed by atoms with Gasteiger partial charge in [0, 0.05) is 39.5 Å². The fourth-order valence-electron chi connectivity index (χ4n) is 12.2. The van der Waals surface area contributed by atoms with E-state index in [2.05, 4.69) is 212 Å². The minimum atomic E-state index is -0.151. The minimum absolute atomic E-state index is 0.151. The summed E-state index contributed by atoms with van der Waals surface area (Å²) in [6.45, 7) is 4.84. The van der Waals surface area contributed by atoms with Crippen LogP contribution in [0.15, 0.2) is 188 Å². The minimum Gasteiger partial charge on any atom is -0.310 e. The van der Waals surface area contributed by atoms with Crippen molar-refractivity contribution in [1.82, 2.24) is 0 Å². The second-order valence-electron chi connectivity index (χ2n) is 19.6. The summed E-state index contributed by atoms with van der Waals surface area (Å²) in [5.74, 6) is 2.47. The van der Waals surface area contributed by atoms with Gasteiger partial charge in [0.1, 0.15) is 0 Å². The summed E-state index contributed by atoms with van der Waals surface area (Å²) in [6, 6.07) is 71.5. The monoisotopic (exact) mass is 828 g/mol. The number of fused-ring (bicyclic) bond motifs is 5. The van der Waals surface area contributed by atoms with Crippen molar-refractivity contribution in [3.05, 3.63) is 227 Å². The lowest BCUT2D eigenvalue weighted by Crippen LogP contribution is -2.18. The molecule has 8 aromatic rings. The molecule has 2 saturated carbocycles. The molecule has 0 spiro atoms. The highest BCUT2D eigenvalue weighted by Gasteiger charge is 2.41. The molecule has 15 rings (SSSR count). The van der Waals surface area contributed by atoms with Gasteiger partial charge in [-0.15, -0.1) is 0 Å². The summed E-state index contributed by atoms with van der Waals surface area (Å²) >= 11 is 0. The largest absolute Gasteiger partial charge is 0.310 e. The van der Waals surface area contributed by atoms with Crippen LogP contribution in [0.1, 0.15) is 84.4 Å². The lowest BCUT2D eigenvalue weighted by atomic mass is 9.81. The highest BCUT2D eigenvalue weighted by molar-refractivity contribution is 5.96. The summed E-state index contributed by atoms with van der Waals surface area (Å²) in [6.07, 6.45) is 9.35. The van der Waals surface area contributed by atoms with E-state index in [1.807, 2.05) is 0 Å². The van der Waals surface area contributed by atoms with E-state index < -0.39 is 0 Å². The zero-order valence-electron chi connectivity index (χ0n) is 37.2. The highest BCUT2D eigenvalue weighted by Crippen LogP contribution is 2.56. The Morgan fingerprint density at radius 2 is 1.00 bits per heavy atom. The predicted octanol–water partition coefficient (Wildman–Crippen LogP) is 16.4. The Morgan fingerprint density at radius 1 is 0.438 bits per heavy atom. The highest BCUT2D eigenvalue weighted by atomic mass is 15.2. The van der Waals surface area contributed by atoms with Crippen LogP contribution < -0.4 is 9.80 Å². The molecule has 0 amide bonds. The van der Waals surface area contributed by atoms with Gasteiger partial charge in [-0.1, -0.05) is 148 Å². The van der Waals surface area contributed by atoms with Crippen LogP contribution >= 0.6 is 0 Å². The van der Waals surface area contributed by atoms with Crippen molar-refractivity contribution < 1.29 is 0 Å². The number of aryl methyl sites for hydroxylation is 4. The molecule has 8 aromatic carbocycles. The van der Waals surface area contributed by atoms with Crippen molar-refractivity contribution in [1.29, 1.82) is 0 Å². The average molecular weight is 829 g/mol. The smallest absolute Gasteiger partial charge is 0.0496 e. The quantitative estimate of drug-likeness (QED) is 0.151. The molecule has 2 nitrogen and oxygen atoms in total. The molecule has 0 N–H and O–H groups in total. The Bertz CT molecular complexity index is 2950. The first-order chi connectivity index (χ1) is 31.5. The molecule has 0 heterocycles. The van der Waals surface area contributed by atoms with Crippen molar-refractivity contribution >= 4 is 34.1 Å². The van der Waals surface area contributed by atoms with Crippen LogP contribution in [0.4, 0.5) is 34.1 Å². The van der Waals surface area contributed by atoms with Crippen molar-refractivity contribution in [3.8, 4) is 22.3 Å². The number of nitrogens with zero attached hydrogens (tertiary/aromatic N) is 2. The number of hydrogen-bond donors (Lipinski definition) is 0. The molecule has 2 fully saturated rings. The second-order valence-corrected chi connectivity index (χ2v) is 19.6. The second kappa shape index (κ2) is 15.9. The first-order valence-corrected chi connectivity index (χ1v) is 23.8. The molecular formula is C62H56N2. The fraction of sp³-hybridized carbons (Fsp3) is 0.226. The fourth-order valence-corrected chi connectivity index (χ4v) is 12.2. The Balaban J connectivity index is 1.00. The molecule has 0 aromatic heterocycles. The normalized spacial score (nSPS) is 18.9. The van der Waals surface area contributed by atoms with Crippen LogP contribution in [0.3, 0.4) is 0 Å². The first-order valence-electron chi connectivity index (χ1n) is 23.8. The third-order valence-corrected chi connectivity index (χ3v) is 15.5. The van der Waals surface area contributed by atoms with Crippen molar-refractivity contribution in [2.24, 2.45) is 11.8 Å². The number of hydrogen-bond acceptors (Lipinski definition) is 2. The first kappa shape index (κ1) is 39.0. The van der Waals surface area contributed by atoms with Gasteiger partial charge >= 0.3 is 0 Å². The molecule has 0 saturated heterocycles. The van der Waals surface area contributed by atoms with E-state index in [0.29, 0.717) is 5.92 Å². The van der Waals surface area contributed by atoms with Gasteiger partial charge in [-0.2, -0.15) is 0 Å². The van der Waals surface area contributed by atoms with Crippen LogP contribution in [0.25, 0.3) is 22.3 Å². The van der Waals surface area contributed by atoms with Crippen LogP contribution in [0.2, 0.25) is 0 Å². The molecule has 7 aliphatic carbocycles. The topological polar surface area (TPSA) is 6.48 Å². The standard InChI is InChI=1S/C62H56N2/c1-62(2)57-21-13-12-20-54(57)61-56(45-14-6-3-7-15-45)40-53(41-58(61)62)64(52-34-32-46(33-35-52)55-37-44-26-31-49(55)36-44)60-39-43-23-28-47-27-22-42(24-29-48(60)30-25-43)38-59(47)63(50-16-8-4-9-17-50)51-18-10-5-11-19-51/h3-22,25,27,30,32-35,38-41,44,49,55H,23-24,26,28-29,31,36-37H2,1-2H3. The van der Waals surface area contributed by atoms with Gasteiger partial charge in [0.25, 0.3) is 0 Å². The molecule has 3 atom stereocenters. The molecular weight excluding hydrogens is 773 g/mol. The van der Waals surface area contributed by atoms with E-state index in [1.54, 1.807) is 0 Å². The van der Waals surface area contributed by atoms with Gasteiger partial charge in [0.05, 0.1) is 0 Å². The SMILES string of the molecule is CC1(C)c2ccccc2-c2c(-c3ccccc3)cc(N(c3ccc(C4CC5CCC4C5)cc3)c3cc4ccc3CCc3ccc(c(N(c5ccccc5)c5ccccc5)c3)CC4)cc21. The maximum Gasteiger partial charge on any atom is 0.0496 e. The Hall–Kier alpha value is -6.64. The molecule has 64 heavy (non-hydrogen) atoms. The van der Waals surface area contributed by atoms with Gasteiger partial charge < -0.3 is 9.80 Å². The number of anilines is 6. The van der Waals surface area contributed by atoms with Crippen molar-refractivity contribution in [2.45, 2.75) is 76.5 Å². The summed E-state index contributed by atoms with van der Waals surface area (Å²) in [7, 11) is 0. The van der Waals surface area contributed by atoms with E-state index in [1.165, 1.54) is 121 Å². The lowest BCUT2D eigenvalue weighted by molar-refractivity contribution is 0.420. The molecule has 6 bridgehead atoms. The summed E-state index contributed by atoms with van der Waals surface area (Å²) in [4.78, 5) is 5.08. The summed E-state index contributed by atoms with van der Waals surface area (Å²) in [5.41, 5.74) is 22.3. The third kappa shape index (κ3) is 6.78. The molecule has 3 unspecified atom stereocenters. The Labute approximate surface area is 379 Å². The Kier molecular flexibility index (Phi) is 9.66. The number of rotatable bonds is 8. The Morgan fingerprint density at radius 3 is 1.59 bits per heavy atom. The molecule has 0 aliphatic heterocycles. The van der Waals surface area contributed by atoms with Crippen molar-refractivity contribution in [3.63, 3.8) is 0 Å². The molecule has 0 radical (unpaired) electrons. The van der Waals surface area contributed by atoms with Crippen LogP contribution in [-0.2, 0) is 31.1 Å². The van der Waals surface area contributed by atoms with Gasteiger partial charge in [-0.05, 0) is 185 Å². The maximum atomic E-state index is 2.63. The average Bonchev–Trinajstić information content (AvgIpc) is 4.04. The summed E-state index contributed by atoms with van der Waals surface area (Å²) in [5, 5.41) is 0. The van der Waals surface area contributed by atoms with E-state index >= 15 is 0 Å². The lowest BCUT2D eigenvalue weighted by Gasteiger charge is -2.32. The van der Waals surface area contributed by atoms with Gasteiger partial charge in [0.15, 0.2) is 0 Å². The number of para-hydroxylation sites is 2. The zero-order valence-corrected chi connectivity index (χ0v) is 37.2. The van der Waals surface area contributed by atoms with Crippen molar-refractivity contribution in [2.75, 3.05) is 9.80 Å². The van der Waals surface area contributed by atoms with E-state index in [9.17, 15) is 0 Å². The molecule has 7 aliphatic rings. The van der Waals surface area contributed by atoms with E-state index in [4.69, 9.17) is 0 Å². The van der Waals surface area contributed by atoms with E-state index in [-0.39, 0.29) is 5.41 Å². The van der Waals surface area contributed by atoms with Gasteiger partial charge in [0.2, 0.25) is 0 Å². The predicted molar refractivity (Wildman–Crippen MR) is 268 cm³/mol. The third-order valence-electron chi connectivity index (χ3n) is 15.5. The number of benzene rings is 8. The van der Waals surface area contributed by atoms with Crippen LogP contribution in [0, 0.1) is 11.8 Å². The van der Waals surface area contributed by atoms with Gasteiger partial charge in [-0.3, -0.25) is 0 Å². The maximum absolute atomic E-state index is 2.63. The zero-order chi connectivity index (χ0) is 42.8. The molecule has 314 valence electrons.